The zero-order chi connectivity index (χ0) is 12.0. The van der Waals surface area contributed by atoms with Crippen LogP contribution in [0.1, 0.15) is 37.3 Å². The fourth-order valence-electron chi connectivity index (χ4n) is 1.59. The standard InChI is InChI=1S/C13H23NS2/c1-5-14-13(9-15-7-10(2)3)12-6-11(4)16-8-12/h6,8,10,13-14H,5,7,9H2,1-4H3. The van der Waals surface area contributed by atoms with Crippen LogP contribution in [-0.4, -0.2) is 18.1 Å². The smallest absolute Gasteiger partial charge is 0.0420 e. The first-order valence-electron chi connectivity index (χ1n) is 5.99. The molecule has 1 heterocycles. The first-order valence-corrected chi connectivity index (χ1v) is 8.03. The minimum atomic E-state index is 0.527. The quantitative estimate of drug-likeness (QED) is 0.789. The van der Waals surface area contributed by atoms with E-state index in [9.17, 15) is 0 Å². The molecule has 1 aromatic heterocycles. The second-order valence-corrected chi connectivity index (χ2v) is 6.72. The van der Waals surface area contributed by atoms with Gasteiger partial charge in [-0.25, -0.2) is 0 Å². The van der Waals surface area contributed by atoms with Crippen LogP contribution in [0.2, 0.25) is 0 Å². The van der Waals surface area contributed by atoms with Gasteiger partial charge in [-0.1, -0.05) is 20.8 Å². The number of aryl methyl sites for hydroxylation is 1. The van der Waals surface area contributed by atoms with Gasteiger partial charge in [0.25, 0.3) is 0 Å². The van der Waals surface area contributed by atoms with Gasteiger partial charge in [-0.05, 0) is 42.1 Å². The SMILES string of the molecule is CCNC(CSCC(C)C)c1csc(C)c1. The van der Waals surface area contributed by atoms with Crippen molar-refractivity contribution >= 4 is 23.1 Å². The minimum Gasteiger partial charge on any atom is -0.309 e. The van der Waals surface area contributed by atoms with Crippen LogP contribution < -0.4 is 5.32 Å². The lowest BCUT2D eigenvalue weighted by Crippen LogP contribution is -2.22. The monoisotopic (exact) mass is 257 g/mol. The van der Waals surface area contributed by atoms with E-state index < -0.39 is 0 Å². The summed E-state index contributed by atoms with van der Waals surface area (Å²) < 4.78 is 0. The van der Waals surface area contributed by atoms with E-state index in [1.54, 1.807) is 0 Å². The summed E-state index contributed by atoms with van der Waals surface area (Å²) in [5, 5.41) is 5.86. The highest BCUT2D eigenvalue weighted by Gasteiger charge is 2.11. The molecule has 1 atom stereocenters. The van der Waals surface area contributed by atoms with E-state index in [1.165, 1.54) is 21.9 Å². The Bertz CT molecular complexity index is 294. The summed E-state index contributed by atoms with van der Waals surface area (Å²) in [5.74, 6) is 3.23. The number of thioether (sulfide) groups is 1. The molecule has 92 valence electrons. The van der Waals surface area contributed by atoms with Gasteiger partial charge in [-0.15, -0.1) is 11.3 Å². The molecule has 1 unspecified atom stereocenters. The third kappa shape index (κ3) is 4.89. The van der Waals surface area contributed by atoms with Crippen molar-refractivity contribution in [1.29, 1.82) is 0 Å². The third-order valence-corrected chi connectivity index (χ3v) is 4.69. The lowest BCUT2D eigenvalue weighted by atomic mass is 10.2. The first kappa shape index (κ1) is 14.1. The van der Waals surface area contributed by atoms with Gasteiger partial charge in [0.15, 0.2) is 0 Å². The molecule has 0 aliphatic carbocycles. The van der Waals surface area contributed by atoms with Gasteiger partial charge in [0.1, 0.15) is 0 Å². The summed E-state index contributed by atoms with van der Waals surface area (Å²) in [5.41, 5.74) is 1.46. The van der Waals surface area contributed by atoms with Gasteiger partial charge >= 0.3 is 0 Å². The summed E-state index contributed by atoms with van der Waals surface area (Å²) in [7, 11) is 0. The molecular formula is C13H23NS2. The van der Waals surface area contributed by atoms with E-state index in [0.717, 1.165) is 12.5 Å². The second-order valence-electron chi connectivity index (χ2n) is 4.53. The van der Waals surface area contributed by atoms with Crippen molar-refractivity contribution in [3.63, 3.8) is 0 Å². The number of thiophene rings is 1. The molecule has 0 fully saturated rings. The highest BCUT2D eigenvalue weighted by Crippen LogP contribution is 2.24. The van der Waals surface area contributed by atoms with E-state index in [1.807, 2.05) is 11.3 Å². The molecule has 16 heavy (non-hydrogen) atoms. The molecule has 0 aliphatic heterocycles. The molecule has 3 heteroatoms. The van der Waals surface area contributed by atoms with Crippen molar-refractivity contribution in [1.82, 2.24) is 5.32 Å². The van der Waals surface area contributed by atoms with Crippen LogP contribution in [0.5, 0.6) is 0 Å². The third-order valence-electron chi connectivity index (χ3n) is 2.34. The van der Waals surface area contributed by atoms with Crippen molar-refractivity contribution in [2.75, 3.05) is 18.1 Å². The molecule has 0 bridgehead atoms. The van der Waals surface area contributed by atoms with Crippen LogP contribution in [0.15, 0.2) is 11.4 Å². The molecule has 0 saturated heterocycles. The van der Waals surface area contributed by atoms with Crippen molar-refractivity contribution < 1.29 is 0 Å². The molecule has 0 aliphatic rings. The van der Waals surface area contributed by atoms with Crippen LogP contribution in [0.3, 0.4) is 0 Å². The van der Waals surface area contributed by atoms with Gasteiger partial charge in [0.2, 0.25) is 0 Å². The zero-order valence-corrected chi connectivity index (χ0v) is 12.4. The van der Waals surface area contributed by atoms with Crippen LogP contribution >= 0.6 is 23.1 Å². The van der Waals surface area contributed by atoms with Crippen molar-refractivity contribution in [2.24, 2.45) is 5.92 Å². The Morgan fingerprint density at radius 3 is 2.62 bits per heavy atom. The maximum absolute atomic E-state index is 3.57. The molecule has 0 spiro atoms. The summed E-state index contributed by atoms with van der Waals surface area (Å²) >= 11 is 3.90. The highest BCUT2D eigenvalue weighted by molar-refractivity contribution is 7.99. The van der Waals surface area contributed by atoms with E-state index in [-0.39, 0.29) is 0 Å². The summed E-state index contributed by atoms with van der Waals surface area (Å²) in [6.45, 7) is 9.97. The molecule has 1 N–H and O–H groups in total. The first-order chi connectivity index (χ1) is 7.63. The van der Waals surface area contributed by atoms with E-state index >= 15 is 0 Å². The van der Waals surface area contributed by atoms with Gasteiger partial charge in [-0.3, -0.25) is 0 Å². The van der Waals surface area contributed by atoms with Gasteiger partial charge < -0.3 is 5.32 Å². The normalized spacial score (nSPS) is 13.3. The van der Waals surface area contributed by atoms with Crippen LogP contribution in [-0.2, 0) is 0 Å². The summed E-state index contributed by atoms with van der Waals surface area (Å²) in [6.07, 6.45) is 0. The average Bonchev–Trinajstić information content (AvgIpc) is 2.63. The Hall–Kier alpha value is 0.0100. The Morgan fingerprint density at radius 1 is 1.38 bits per heavy atom. The molecule has 0 radical (unpaired) electrons. The topological polar surface area (TPSA) is 12.0 Å². The average molecular weight is 257 g/mol. The molecule has 1 rings (SSSR count). The Balaban J connectivity index is 2.47. The maximum atomic E-state index is 3.57. The fraction of sp³-hybridized carbons (Fsp3) is 0.692. The van der Waals surface area contributed by atoms with E-state index in [4.69, 9.17) is 0 Å². The van der Waals surface area contributed by atoms with E-state index in [0.29, 0.717) is 6.04 Å². The number of hydrogen-bond donors (Lipinski definition) is 1. The van der Waals surface area contributed by atoms with Crippen LogP contribution in [0.4, 0.5) is 0 Å². The minimum absolute atomic E-state index is 0.527. The molecule has 1 nitrogen and oxygen atoms in total. The largest absolute Gasteiger partial charge is 0.309 e. The highest BCUT2D eigenvalue weighted by atomic mass is 32.2. The second kappa shape index (κ2) is 7.36. The predicted octanol–water partition coefficient (Wildman–Crippen LogP) is 4.10. The van der Waals surface area contributed by atoms with Crippen molar-refractivity contribution in [3.05, 3.63) is 21.9 Å². The lowest BCUT2D eigenvalue weighted by Gasteiger charge is -2.17. The van der Waals surface area contributed by atoms with E-state index in [2.05, 4.69) is 56.2 Å². The van der Waals surface area contributed by atoms with Crippen molar-refractivity contribution in [2.45, 2.75) is 33.7 Å². The number of hydrogen-bond acceptors (Lipinski definition) is 3. The summed E-state index contributed by atoms with van der Waals surface area (Å²) in [6, 6.07) is 2.84. The Kier molecular flexibility index (Phi) is 6.47. The fourth-order valence-corrected chi connectivity index (χ4v) is 3.50. The van der Waals surface area contributed by atoms with Gasteiger partial charge in [0.05, 0.1) is 0 Å². The predicted molar refractivity (Wildman–Crippen MR) is 77.6 cm³/mol. The summed E-state index contributed by atoms with van der Waals surface area (Å²) in [4.78, 5) is 1.41. The van der Waals surface area contributed by atoms with Crippen molar-refractivity contribution in [3.8, 4) is 0 Å². The molecular weight excluding hydrogens is 234 g/mol. The molecule has 0 aromatic carbocycles. The van der Waals surface area contributed by atoms with Gasteiger partial charge in [-0.2, -0.15) is 11.8 Å². The zero-order valence-electron chi connectivity index (χ0n) is 10.7. The Morgan fingerprint density at radius 2 is 2.12 bits per heavy atom. The molecule has 0 amide bonds. The number of nitrogens with one attached hydrogen (secondary N) is 1. The maximum Gasteiger partial charge on any atom is 0.0420 e. The van der Waals surface area contributed by atoms with Crippen LogP contribution in [0.25, 0.3) is 0 Å². The molecule has 0 saturated carbocycles. The molecule has 1 aromatic rings. The Labute approximate surface area is 108 Å². The number of rotatable bonds is 7. The van der Waals surface area contributed by atoms with Gasteiger partial charge in [0, 0.05) is 16.7 Å². The lowest BCUT2D eigenvalue weighted by molar-refractivity contribution is 0.606. The van der Waals surface area contributed by atoms with Crippen LogP contribution in [0, 0.1) is 12.8 Å².